The van der Waals surface area contributed by atoms with E-state index in [1.807, 2.05) is 24.3 Å². The average molecular weight is 335 g/mol. The van der Waals surface area contributed by atoms with Crippen LogP contribution < -0.4 is 4.90 Å². The van der Waals surface area contributed by atoms with E-state index in [-0.39, 0.29) is 0 Å². The van der Waals surface area contributed by atoms with Crippen LogP contribution in [0.1, 0.15) is 11.1 Å². The van der Waals surface area contributed by atoms with Crippen molar-refractivity contribution in [1.82, 2.24) is 4.90 Å². The highest BCUT2D eigenvalue weighted by molar-refractivity contribution is 6.31. The number of benzene rings is 2. The number of hydrogen-bond acceptors (Lipinski definition) is 2. The van der Waals surface area contributed by atoms with Gasteiger partial charge in [-0.1, -0.05) is 47.5 Å². The van der Waals surface area contributed by atoms with Gasteiger partial charge in [0, 0.05) is 48.5 Å². The molecule has 0 atom stereocenters. The predicted octanol–water partition coefficient (Wildman–Crippen LogP) is 4.62. The van der Waals surface area contributed by atoms with Crippen LogP contribution in [0.2, 0.25) is 10.0 Å². The zero-order chi connectivity index (χ0) is 15.5. The monoisotopic (exact) mass is 334 g/mol. The summed E-state index contributed by atoms with van der Waals surface area (Å²) in [5.74, 6) is 0. The van der Waals surface area contributed by atoms with Crippen molar-refractivity contribution in [3.05, 3.63) is 63.6 Å². The minimum absolute atomic E-state index is 0.805. The molecule has 0 unspecified atom stereocenters. The van der Waals surface area contributed by atoms with Crippen molar-refractivity contribution in [3.63, 3.8) is 0 Å². The quantitative estimate of drug-likeness (QED) is 0.807. The van der Waals surface area contributed by atoms with Crippen molar-refractivity contribution in [2.45, 2.75) is 13.5 Å². The number of nitrogens with zero attached hydrogens (tertiary/aromatic N) is 2. The van der Waals surface area contributed by atoms with Gasteiger partial charge in [-0.3, -0.25) is 4.90 Å². The van der Waals surface area contributed by atoms with Crippen LogP contribution in [0.4, 0.5) is 5.69 Å². The predicted molar refractivity (Wildman–Crippen MR) is 95.1 cm³/mol. The Hall–Kier alpha value is -1.22. The molecule has 0 saturated carbocycles. The SMILES string of the molecule is Cc1ccc(Cl)cc1N1CCN(Cc2ccccc2Cl)CC1. The summed E-state index contributed by atoms with van der Waals surface area (Å²) in [5, 5.41) is 1.66. The van der Waals surface area contributed by atoms with Crippen molar-refractivity contribution in [3.8, 4) is 0 Å². The molecule has 4 heteroatoms. The fourth-order valence-corrected chi connectivity index (χ4v) is 3.30. The fourth-order valence-electron chi connectivity index (χ4n) is 2.94. The van der Waals surface area contributed by atoms with E-state index in [1.54, 1.807) is 0 Å². The second-order valence-electron chi connectivity index (χ2n) is 5.79. The molecule has 0 aliphatic carbocycles. The van der Waals surface area contributed by atoms with Crippen LogP contribution in [0, 0.1) is 6.92 Å². The molecule has 0 amide bonds. The Kier molecular flexibility index (Phi) is 4.92. The summed E-state index contributed by atoms with van der Waals surface area (Å²) in [6.07, 6.45) is 0. The molecule has 0 spiro atoms. The van der Waals surface area contributed by atoms with Crippen LogP contribution in [0.3, 0.4) is 0 Å². The lowest BCUT2D eigenvalue weighted by atomic mass is 10.1. The second-order valence-corrected chi connectivity index (χ2v) is 6.63. The summed E-state index contributed by atoms with van der Waals surface area (Å²) in [5.41, 5.74) is 3.74. The van der Waals surface area contributed by atoms with Gasteiger partial charge in [-0.15, -0.1) is 0 Å². The molecule has 1 aliphatic rings. The summed E-state index contributed by atoms with van der Waals surface area (Å²) in [4.78, 5) is 4.88. The van der Waals surface area contributed by atoms with Crippen LogP contribution in [0.25, 0.3) is 0 Å². The maximum Gasteiger partial charge on any atom is 0.0451 e. The topological polar surface area (TPSA) is 6.48 Å². The standard InChI is InChI=1S/C18H20Cl2N2/c1-14-6-7-16(19)12-18(14)22-10-8-21(9-11-22)13-15-4-2-3-5-17(15)20/h2-7,12H,8-11,13H2,1H3. The molecule has 2 aromatic carbocycles. The van der Waals surface area contributed by atoms with E-state index in [9.17, 15) is 0 Å². The lowest BCUT2D eigenvalue weighted by Crippen LogP contribution is -2.46. The maximum absolute atomic E-state index is 6.25. The highest BCUT2D eigenvalue weighted by Crippen LogP contribution is 2.26. The van der Waals surface area contributed by atoms with Crippen molar-refractivity contribution in [2.75, 3.05) is 31.1 Å². The van der Waals surface area contributed by atoms with Crippen LogP contribution in [-0.4, -0.2) is 31.1 Å². The van der Waals surface area contributed by atoms with Crippen LogP contribution >= 0.6 is 23.2 Å². The van der Waals surface area contributed by atoms with E-state index in [0.29, 0.717) is 0 Å². The number of hydrogen-bond donors (Lipinski definition) is 0. The third-order valence-corrected chi connectivity index (χ3v) is 4.84. The molecule has 0 radical (unpaired) electrons. The fraction of sp³-hybridized carbons (Fsp3) is 0.333. The van der Waals surface area contributed by atoms with E-state index >= 15 is 0 Å². The molecule has 3 rings (SSSR count). The molecule has 1 saturated heterocycles. The smallest absolute Gasteiger partial charge is 0.0451 e. The molecule has 22 heavy (non-hydrogen) atoms. The maximum atomic E-state index is 6.25. The first-order valence-electron chi connectivity index (χ1n) is 7.60. The Bertz CT molecular complexity index is 649. The summed E-state index contributed by atoms with van der Waals surface area (Å²) in [6.45, 7) is 7.18. The molecule has 2 aromatic rings. The Morgan fingerprint density at radius 1 is 0.955 bits per heavy atom. The third kappa shape index (κ3) is 3.57. The molecule has 2 nitrogen and oxygen atoms in total. The molecule has 1 fully saturated rings. The van der Waals surface area contributed by atoms with Gasteiger partial charge in [0.15, 0.2) is 0 Å². The lowest BCUT2D eigenvalue weighted by Gasteiger charge is -2.37. The molecule has 0 aromatic heterocycles. The van der Waals surface area contributed by atoms with Gasteiger partial charge in [0.2, 0.25) is 0 Å². The Balaban J connectivity index is 1.63. The summed E-state index contributed by atoms with van der Waals surface area (Å²) in [6, 6.07) is 14.2. The van der Waals surface area contributed by atoms with Gasteiger partial charge in [0.1, 0.15) is 0 Å². The molecule has 0 bridgehead atoms. The average Bonchev–Trinajstić information content (AvgIpc) is 2.53. The highest BCUT2D eigenvalue weighted by atomic mass is 35.5. The van der Waals surface area contributed by atoms with Gasteiger partial charge in [0.25, 0.3) is 0 Å². The van der Waals surface area contributed by atoms with Gasteiger partial charge in [-0.25, -0.2) is 0 Å². The third-order valence-electron chi connectivity index (χ3n) is 4.24. The van der Waals surface area contributed by atoms with E-state index < -0.39 is 0 Å². The number of aryl methyl sites for hydroxylation is 1. The van der Waals surface area contributed by atoms with E-state index in [4.69, 9.17) is 23.2 Å². The van der Waals surface area contributed by atoms with Crippen LogP contribution in [0.15, 0.2) is 42.5 Å². The van der Waals surface area contributed by atoms with Crippen LogP contribution in [0.5, 0.6) is 0 Å². The molecular weight excluding hydrogens is 315 g/mol. The van der Waals surface area contributed by atoms with Crippen molar-refractivity contribution in [1.29, 1.82) is 0 Å². The highest BCUT2D eigenvalue weighted by Gasteiger charge is 2.19. The number of halogens is 2. The normalized spacial score (nSPS) is 16.0. The first kappa shape index (κ1) is 15.7. The zero-order valence-corrected chi connectivity index (χ0v) is 14.2. The largest absolute Gasteiger partial charge is 0.369 e. The minimum atomic E-state index is 0.805. The molecule has 116 valence electrons. The Labute approximate surface area is 142 Å². The molecular formula is C18H20Cl2N2. The van der Waals surface area contributed by atoms with Gasteiger partial charge in [0.05, 0.1) is 0 Å². The van der Waals surface area contributed by atoms with Crippen molar-refractivity contribution in [2.24, 2.45) is 0 Å². The Morgan fingerprint density at radius 3 is 2.41 bits per heavy atom. The number of rotatable bonds is 3. The molecule has 1 heterocycles. The number of piperazine rings is 1. The van der Waals surface area contributed by atoms with Crippen LogP contribution in [-0.2, 0) is 6.54 Å². The first-order chi connectivity index (χ1) is 10.6. The van der Waals surface area contributed by atoms with E-state index in [0.717, 1.165) is 42.8 Å². The van der Waals surface area contributed by atoms with E-state index in [1.165, 1.54) is 16.8 Å². The van der Waals surface area contributed by atoms with Gasteiger partial charge < -0.3 is 4.90 Å². The first-order valence-corrected chi connectivity index (χ1v) is 8.36. The molecule has 0 N–H and O–H groups in total. The van der Waals surface area contributed by atoms with Gasteiger partial charge >= 0.3 is 0 Å². The minimum Gasteiger partial charge on any atom is -0.369 e. The van der Waals surface area contributed by atoms with Gasteiger partial charge in [-0.2, -0.15) is 0 Å². The summed E-state index contributed by atoms with van der Waals surface area (Å²) in [7, 11) is 0. The summed E-state index contributed by atoms with van der Waals surface area (Å²) < 4.78 is 0. The van der Waals surface area contributed by atoms with E-state index in [2.05, 4.69) is 34.9 Å². The van der Waals surface area contributed by atoms with Crippen molar-refractivity contribution >= 4 is 28.9 Å². The van der Waals surface area contributed by atoms with Crippen molar-refractivity contribution < 1.29 is 0 Å². The second kappa shape index (κ2) is 6.91. The lowest BCUT2D eigenvalue weighted by molar-refractivity contribution is 0.250. The molecule has 1 aliphatic heterocycles. The van der Waals surface area contributed by atoms with Gasteiger partial charge in [-0.05, 0) is 36.2 Å². The summed E-state index contributed by atoms with van der Waals surface area (Å²) >= 11 is 12.4. The Morgan fingerprint density at radius 2 is 1.68 bits per heavy atom. The zero-order valence-electron chi connectivity index (χ0n) is 12.7. The number of anilines is 1.